The van der Waals surface area contributed by atoms with Gasteiger partial charge in [0.1, 0.15) is 5.75 Å². The lowest BCUT2D eigenvalue weighted by Crippen LogP contribution is -2.33. The number of hydrogen-bond donors (Lipinski definition) is 1. The summed E-state index contributed by atoms with van der Waals surface area (Å²) in [4.78, 5) is 4.49. The van der Waals surface area contributed by atoms with Crippen LogP contribution in [0.5, 0.6) is 5.75 Å². The molecule has 130 valence electrons. The molecule has 2 unspecified atom stereocenters. The first-order valence-electron chi connectivity index (χ1n) is 8.46. The molecule has 1 aliphatic carbocycles. The van der Waals surface area contributed by atoms with Crippen molar-refractivity contribution in [3.63, 3.8) is 0 Å². The first kappa shape index (κ1) is 16.1. The van der Waals surface area contributed by atoms with Crippen LogP contribution in [0.4, 0.5) is 0 Å². The molecule has 2 aliphatic heterocycles. The molecule has 24 heavy (non-hydrogen) atoms. The average Bonchev–Trinajstić information content (AvgIpc) is 3.00. The van der Waals surface area contributed by atoms with Crippen LogP contribution < -0.4 is 10.1 Å². The third-order valence-electron chi connectivity index (χ3n) is 5.42. The molecule has 6 nitrogen and oxygen atoms in total. The Labute approximate surface area is 143 Å². The minimum Gasteiger partial charge on any atom is -0.492 e. The molecule has 3 atom stereocenters. The highest BCUT2D eigenvalue weighted by Gasteiger charge is 2.52. The molecule has 1 saturated carbocycles. The standard InChI is InChI=1S/C17H23N3O3S/c1-24(21,22)20-6-4-12(5-7-20)17-3-2-13(8-19-17)23-11-16-14-9-18-10-15(14)16/h2-4,8,14-16,18H,5-7,9-11H2,1H3/t14-,15?,16?/m1/s1. The van der Waals surface area contributed by atoms with Gasteiger partial charge in [-0.3, -0.25) is 4.98 Å². The van der Waals surface area contributed by atoms with Crippen LogP contribution >= 0.6 is 0 Å². The second-order valence-corrected chi connectivity index (χ2v) is 8.92. The molecule has 4 rings (SSSR count). The van der Waals surface area contributed by atoms with E-state index in [1.807, 2.05) is 18.2 Å². The number of ether oxygens (including phenoxy) is 1. The van der Waals surface area contributed by atoms with Crippen molar-refractivity contribution in [3.05, 3.63) is 30.1 Å². The largest absolute Gasteiger partial charge is 0.492 e. The normalized spacial score (nSPS) is 29.9. The summed E-state index contributed by atoms with van der Waals surface area (Å²) < 4.78 is 30.4. The van der Waals surface area contributed by atoms with Gasteiger partial charge in [-0.25, -0.2) is 8.42 Å². The van der Waals surface area contributed by atoms with Gasteiger partial charge >= 0.3 is 0 Å². The van der Waals surface area contributed by atoms with Crippen LogP contribution in [0, 0.1) is 17.8 Å². The Balaban J connectivity index is 1.33. The molecule has 0 bridgehead atoms. The minimum atomic E-state index is -3.11. The Morgan fingerprint density at radius 1 is 1.33 bits per heavy atom. The van der Waals surface area contributed by atoms with E-state index in [9.17, 15) is 8.42 Å². The van der Waals surface area contributed by atoms with Gasteiger partial charge < -0.3 is 10.1 Å². The first-order chi connectivity index (χ1) is 11.5. The van der Waals surface area contributed by atoms with E-state index in [0.29, 0.717) is 25.4 Å². The molecule has 2 fully saturated rings. The molecule has 0 amide bonds. The lowest BCUT2D eigenvalue weighted by molar-refractivity contribution is 0.279. The van der Waals surface area contributed by atoms with E-state index >= 15 is 0 Å². The average molecular weight is 349 g/mol. The molecule has 0 spiro atoms. The number of pyridine rings is 1. The van der Waals surface area contributed by atoms with Crippen molar-refractivity contribution in [2.24, 2.45) is 17.8 Å². The van der Waals surface area contributed by atoms with Gasteiger partial charge in [-0.05, 0) is 49.1 Å². The number of hydrogen-bond acceptors (Lipinski definition) is 5. The minimum absolute atomic E-state index is 0.423. The summed E-state index contributed by atoms with van der Waals surface area (Å²) in [7, 11) is -3.11. The van der Waals surface area contributed by atoms with Crippen LogP contribution in [0.3, 0.4) is 0 Å². The molecule has 3 aliphatic rings. The maximum Gasteiger partial charge on any atom is 0.211 e. The molecular weight excluding hydrogens is 326 g/mol. The second kappa shape index (κ2) is 6.13. The Morgan fingerprint density at radius 2 is 2.12 bits per heavy atom. The number of fused-ring (bicyclic) bond motifs is 1. The Morgan fingerprint density at radius 3 is 2.71 bits per heavy atom. The van der Waals surface area contributed by atoms with Gasteiger partial charge in [0, 0.05) is 19.0 Å². The highest BCUT2D eigenvalue weighted by Crippen LogP contribution is 2.48. The molecule has 1 aromatic heterocycles. The van der Waals surface area contributed by atoms with Gasteiger partial charge in [0.05, 0.1) is 24.8 Å². The van der Waals surface area contributed by atoms with Crippen molar-refractivity contribution in [3.8, 4) is 5.75 Å². The van der Waals surface area contributed by atoms with E-state index in [1.54, 1.807) is 6.20 Å². The summed E-state index contributed by atoms with van der Waals surface area (Å²) in [5.74, 6) is 3.13. The molecule has 7 heteroatoms. The molecule has 0 aromatic carbocycles. The van der Waals surface area contributed by atoms with Gasteiger partial charge in [-0.15, -0.1) is 0 Å². The van der Waals surface area contributed by atoms with Crippen molar-refractivity contribution in [1.82, 2.24) is 14.6 Å². The van der Waals surface area contributed by atoms with E-state index < -0.39 is 10.0 Å². The number of rotatable bonds is 5. The monoisotopic (exact) mass is 349 g/mol. The van der Waals surface area contributed by atoms with E-state index in [1.165, 1.54) is 10.6 Å². The predicted octanol–water partition coefficient (Wildman–Crippen LogP) is 0.974. The van der Waals surface area contributed by atoms with Gasteiger partial charge in [0.25, 0.3) is 0 Å². The smallest absolute Gasteiger partial charge is 0.211 e. The maximum atomic E-state index is 11.5. The van der Waals surface area contributed by atoms with Crippen LogP contribution in [-0.2, 0) is 10.0 Å². The number of aromatic nitrogens is 1. The van der Waals surface area contributed by atoms with Crippen LogP contribution in [0.2, 0.25) is 0 Å². The zero-order valence-corrected chi connectivity index (χ0v) is 14.6. The van der Waals surface area contributed by atoms with Crippen LogP contribution in [-0.4, -0.2) is 56.7 Å². The van der Waals surface area contributed by atoms with Gasteiger partial charge in [0.15, 0.2) is 0 Å². The third-order valence-corrected chi connectivity index (χ3v) is 6.69. The molecule has 1 aromatic rings. The summed E-state index contributed by atoms with van der Waals surface area (Å²) in [6, 6.07) is 3.93. The van der Waals surface area contributed by atoms with E-state index in [0.717, 1.165) is 48.5 Å². The summed E-state index contributed by atoms with van der Waals surface area (Å²) >= 11 is 0. The summed E-state index contributed by atoms with van der Waals surface area (Å²) in [5.41, 5.74) is 2.01. The Bertz CT molecular complexity index is 735. The highest BCUT2D eigenvalue weighted by atomic mass is 32.2. The van der Waals surface area contributed by atoms with Crippen LogP contribution in [0.1, 0.15) is 12.1 Å². The van der Waals surface area contributed by atoms with Crippen molar-refractivity contribution in [2.75, 3.05) is 39.0 Å². The van der Waals surface area contributed by atoms with E-state index in [4.69, 9.17) is 4.74 Å². The van der Waals surface area contributed by atoms with Crippen molar-refractivity contribution >= 4 is 15.6 Å². The molecular formula is C17H23N3O3S. The number of nitrogens with one attached hydrogen (secondary N) is 1. The van der Waals surface area contributed by atoms with Crippen molar-refractivity contribution in [1.29, 1.82) is 0 Å². The molecule has 0 radical (unpaired) electrons. The number of nitrogens with zero attached hydrogens (tertiary/aromatic N) is 2. The summed E-state index contributed by atoms with van der Waals surface area (Å²) in [6.07, 6.45) is 5.67. The van der Waals surface area contributed by atoms with Gasteiger partial charge in [-0.2, -0.15) is 4.31 Å². The predicted molar refractivity (Wildman–Crippen MR) is 92.1 cm³/mol. The fourth-order valence-corrected chi connectivity index (χ4v) is 4.59. The summed E-state index contributed by atoms with van der Waals surface area (Å²) in [5, 5.41) is 3.39. The van der Waals surface area contributed by atoms with Crippen LogP contribution in [0.15, 0.2) is 24.4 Å². The fraction of sp³-hybridized carbons (Fsp3) is 0.588. The van der Waals surface area contributed by atoms with Crippen molar-refractivity contribution in [2.45, 2.75) is 6.42 Å². The zero-order chi connectivity index (χ0) is 16.7. The third kappa shape index (κ3) is 3.20. The van der Waals surface area contributed by atoms with E-state index in [2.05, 4.69) is 10.3 Å². The molecule has 3 heterocycles. The molecule has 1 N–H and O–H groups in total. The quantitative estimate of drug-likeness (QED) is 0.858. The Hall–Kier alpha value is -1.44. The SMILES string of the molecule is CS(=O)(=O)N1CC=C(c2ccc(OCC3C4CNC[C@H]43)cn2)CC1. The van der Waals surface area contributed by atoms with E-state index in [-0.39, 0.29) is 0 Å². The molecule has 1 saturated heterocycles. The zero-order valence-electron chi connectivity index (χ0n) is 13.8. The number of sulfonamides is 1. The lowest BCUT2D eigenvalue weighted by atomic mass is 10.1. The maximum absolute atomic E-state index is 11.5. The lowest BCUT2D eigenvalue weighted by Gasteiger charge is -2.23. The summed E-state index contributed by atoms with van der Waals surface area (Å²) in [6.45, 7) is 3.99. The fourth-order valence-electron chi connectivity index (χ4n) is 3.83. The van der Waals surface area contributed by atoms with Gasteiger partial charge in [0.2, 0.25) is 10.0 Å². The Kier molecular flexibility index (Phi) is 4.10. The van der Waals surface area contributed by atoms with Crippen molar-refractivity contribution < 1.29 is 13.2 Å². The first-order valence-corrected chi connectivity index (χ1v) is 10.3. The van der Waals surface area contributed by atoms with Crippen LogP contribution in [0.25, 0.3) is 5.57 Å². The van der Waals surface area contributed by atoms with Gasteiger partial charge in [-0.1, -0.05) is 6.08 Å². The number of piperidine rings is 1. The highest BCUT2D eigenvalue weighted by molar-refractivity contribution is 7.88. The topological polar surface area (TPSA) is 71.5 Å². The second-order valence-electron chi connectivity index (χ2n) is 6.94.